The van der Waals surface area contributed by atoms with Gasteiger partial charge in [0, 0.05) is 12.1 Å². The molecule has 0 bridgehead atoms. The number of ether oxygens (including phenoxy) is 1. The van der Waals surface area contributed by atoms with E-state index in [4.69, 9.17) is 10.5 Å². The van der Waals surface area contributed by atoms with Gasteiger partial charge in [-0.2, -0.15) is 0 Å². The summed E-state index contributed by atoms with van der Waals surface area (Å²) in [5.41, 5.74) is 6.92. The van der Waals surface area contributed by atoms with Crippen molar-refractivity contribution in [3.05, 3.63) is 11.6 Å². The van der Waals surface area contributed by atoms with Gasteiger partial charge in [-0.15, -0.1) is 0 Å². The number of carbonyl (C=O) groups is 1. The molecular formula is C10H17NO2. The summed E-state index contributed by atoms with van der Waals surface area (Å²) in [6.45, 7) is 2.26. The molecule has 0 aromatic carbocycles. The maximum Gasteiger partial charge on any atom is 0.330 e. The van der Waals surface area contributed by atoms with Gasteiger partial charge in [0.05, 0.1) is 6.61 Å². The van der Waals surface area contributed by atoms with Crippen LogP contribution in [-0.2, 0) is 9.53 Å². The number of hydrogen-bond acceptors (Lipinski definition) is 3. The van der Waals surface area contributed by atoms with Crippen LogP contribution in [0.25, 0.3) is 0 Å². The van der Waals surface area contributed by atoms with Crippen molar-refractivity contribution in [1.29, 1.82) is 0 Å². The summed E-state index contributed by atoms with van der Waals surface area (Å²) < 4.78 is 4.82. The SMILES string of the molecule is CCOC(=O)C=C1CCC(N)CC1. The molecule has 1 rings (SSSR count). The van der Waals surface area contributed by atoms with Crippen LogP contribution in [0.1, 0.15) is 32.6 Å². The Bertz CT molecular complexity index is 201. The van der Waals surface area contributed by atoms with Crippen molar-refractivity contribution in [2.45, 2.75) is 38.6 Å². The minimum atomic E-state index is -0.215. The minimum absolute atomic E-state index is 0.215. The highest BCUT2D eigenvalue weighted by atomic mass is 16.5. The predicted molar refractivity (Wildman–Crippen MR) is 51.2 cm³/mol. The van der Waals surface area contributed by atoms with Crippen LogP contribution in [-0.4, -0.2) is 18.6 Å². The van der Waals surface area contributed by atoms with Gasteiger partial charge in [0.15, 0.2) is 0 Å². The molecule has 0 atom stereocenters. The standard InChI is InChI=1S/C10H17NO2/c1-2-13-10(12)7-8-3-5-9(11)6-4-8/h7,9H,2-6,11H2,1H3. The number of nitrogens with two attached hydrogens (primary N) is 1. The van der Waals surface area contributed by atoms with Crippen molar-refractivity contribution < 1.29 is 9.53 Å². The maximum atomic E-state index is 11.1. The van der Waals surface area contributed by atoms with Gasteiger partial charge in [0.2, 0.25) is 0 Å². The molecular weight excluding hydrogens is 166 g/mol. The van der Waals surface area contributed by atoms with E-state index in [2.05, 4.69) is 0 Å². The topological polar surface area (TPSA) is 52.3 Å². The zero-order valence-corrected chi connectivity index (χ0v) is 8.08. The summed E-state index contributed by atoms with van der Waals surface area (Å²) in [5, 5.41) is 0. The minimum Gasteiger partial charge on any atom is -0.463 e. The molecule has 1 saturated carbocycles. The highest BCUT2D eigenvalue weighted by Crippen LogP contribution is 2.21. The molecule has 0 radical (unpaired) electrons. The monoisotopic (exact) mass is 183 g/mol. The summed E-state index contributed by atoms with van der Waals surface area (Å²) in [4.78, 5) is 11.1. The van der Waals surface area contributed by atoms with Crippen LogP contribution >= 0.6 is 0 Å². The molecule has 3 heteroatoms. The Hall–Kier alpha value is -0.830. The number of hydrogen-bond donors (Lipinski definition) is 1. The van der Waals surface area contributed by atoms with Crippen LogP contribution < -0.4 is 5.73 Å². The van der Waals surface area contributed by atoms with Crippen LogP contribution in [0.15, 0.2) is 11.6 Å². The second-order valence-corrected chi connectivity index (χ2v) is 3.39. The van der Waals surface area contributed by atoms with E-state index in [0.29, 0.717) is 12.6 Å². The Kier molecular flexibility index (Phi) is 3.96. The van der Waals surface area contributed by atoms with Crippen molar-refractivity contribution in [3.63, 3.8) is 0 Å². The number of carbonyl (C=O) groups excluding carboxylic acids is 1. The number of esters is 1. The second kappa shape index (κ2) is 5.02. The molecule has 0 aromatic rings. The first kappa shape index (κ1) is 10.3. The first-order valence-corrected chi connectivity index (χ1v) is 4.84. The molecule has 3 nitrogen and oxygen atoms in total. The average Bonchev–Trinajstić information content (AvgIpc) is 2.09. The number of allylic oxidation sites excluding steroid dienone is 1. The van der Waals surface area contributed by atoms with Crippen molar-refractivity contribution in [2.24, 2.45) is 5.73 Å². The Balaban J connectivity index is 2.38. The largest absolute Gasteiger partial charge is 0.463 e. The molecule has 0 spiro atoms. The molecule has 13 heavy (non-hydrogen) atoms. The van der Waals surface area contributed by atoms with Crippen LogP contribution in [0.5, 0.6) is 0 Å². The van der Waals surface area contributed by atoms with Crippen LogP contribution in [0.4, 0.5) is 0 Å². The van der Waals surface area contributed by atoms with Crippen LogP contribution in [0.2, 0.25) is 0 Å². The molecule has 0 aromatic heterocycles. The van der Waals surface area contributed by atoms with E-state index < -0.39 is 0 Å². The third kappa shape index (κ3) is 3.59. The normalized spacial score (nSPS) is 22.6. The summed E-state index contributed by atoms with van der Waals surface area (Å²) in [6, 6.07) is 0.319. The molecule has 0 saturated heterocycles. The van der Waals surface area contributed by atoms with E-state index in [0.717, 1.165) is 25.7 Å². The van der Waals surface area contributed by atoms with Crippen LogP contribution in [0, 0.1) is 0 Å². The van der Waals surface area contributed by atoms with Gasteiger partial charge < -0.3 is 10.5 Å². The molecule has 2 N–H and O–H groups in total. The lowest BCUT2D eigenvalue weighted by Crippen LogP contribution is -2.23. The number of rotatable bonds is 2. The van der Waals surface area contributed by atoms with Gasteiger partial charge in [0.1, 0.15) is 0 Å². The van der Waals surface area contributed by atoms with Crippen molar-refractivity contribution in [2.75, 3.05) is 6.61 Å². The van der Waals surface area contributed by atoms with E-state index in [9.17, 15) is 4.79 Å². The quantitative estimate of drug-likeness (QED) is 0.519. The van der Waals surface area contributed by atoms with Gasteiger partial charge >= 0.3 is 5.97 Å². The summed E-state index contributed by atoms with van der Waals surface area (Å²) in [5.74, 6) is -0.215. The molecule has 1 aliphatic rings. The predicted octanol–water partition coefficient (Wildman–Crippen LogP) is 1.38. The Morgan fingerprint density at radius 3 is 2.77 bits per heavy atom. The molecule has 0 aliphatic heterocycles. The fraction of sp³-hybridized carbons (Fsp3) is 0.700. The lowest BCUT2D eigenvalue weighted by atomic mass is 9.91. The van der Waals surface area contributed by atoms with Crippen molar-refractivity contribution >= 4 is 5.97 Å². The van der Waals surface area contributed by atoms with Crippen molar-refractivity contribution in [3.8, 4) is 0 Å². The highest BCUT2D eigenvalue weighted by Gasteiger charge is 2.13. The third-order valence-corrected chi connectivity index (χ3v) is 2.28. The van der Waals surface area contributed by atoms with E-state index in [-0.39, 0.29) is 5.97 Å². The Morgan fingerprint density at radius 2 is 2.23 bits per heavy atom. The van der Waals surface area contributed by atoms with E-state index in [1.54, 1.807) is 6.08 Å². The fourth-order valence-electron chi connectivity index (χ4n) is 1.51. The van der Waals surface area contributed by atoms with E-state index in [1.165, 1.54) is 5.57 Å². The fourth-order valence-corrected chi connectivity index (χ4v) is 1.51. The van der Waals surface area contributed by atoms with Crippen LogP contribution in [0.3, 0.4) is 0 Å². The maximum absolute atomic E-state index is 11.1. The first-order valence-electron chi connectivity index (χ1n) is 4.84. The average molecular weight is 183 g/mol. The smallest absolute Gasteiger partial charge is 0.330 e. The first-order chi connectivity index (χ1) is 6.22. The van der Waals surface area contributed by atoms with Gasteiger partial charge in [-0.05, 0) is 32.6 Å². The third-order valence-electron chi connectivity index (χ3n) is 2.28. The second-order valence-electron chi connectivity index (χ2n) is 3.39. The lowest BCUT2D eigenvalue weighted by Gasteiger charge is -2.19. The van der Waals surface area contributed by atoms with Gasteiger partial charge in [-0.25, -0.2) is 4.79 Å². The summed E-state index contributed by atoms with van der Waals surface area (Å²) >= 11 is 0. The van der Waals surface area contributed by atoms with Crippen molar-refractivity contribution in [1.82, 2.24) is 0 Å². The van der Waals surface area contributed by atoms with E-state index >= 15 is 0 Å². The van der Waals surface area contributed by atoms with Gasteiger partial charge in [0.25, 0.3) is 0 Å². The summed E-state index contributed by atoms with van der Waals surface area (Å²) in [7, 11) is 0. The Labute approximate surface area is 78.9 Å². The zero-order chi connectivity index (χ0) is 9.68. The Morgan fingerprint density at radius 1 is 1.62 bits per heavy atom. The lowest BCUT2D eigenvalue weighted by molar-refractivity contribution is -0.137. The molecule has 1 aliphatic carbocycles. The van der Waals surface area contributed by atoms with Gasteiger partial charge in [-0.1, -0.05) is 5.57 Å². The molecule has 74 valence electrons. The highest BCUT2D eigenvalue weighted by molar-refractivity contribution is 5.82. The molecule has 1 fully saturated rings. The zero-order valence-electron chi connectivity index (χ0n) is 8.08. The van der Waals surface area contributed by atoms with Gasteiger partial charge in [-0.3, -0.25) is 0 Å². The summed E-state index contributed by atoms with van der Waals surface area (Å²) in [6.07, 6.45) is 5.49. The molecule has 0 amide bonds. The molecule has 0 unspecified atom stereocenters. The van der Waals surface area contributed by atoms with E-state index in [1.807, 2.05) is 6.92 Å². The molecule has 0 heterocycles.